The molecule has 3 aromatic rings. The quantitative estimate of drug-likeness (QED) is 0.562. The van der Waals surface area contributed by atoms with Gasteiger partial charge in [-0.2, -0.15) is 0 Å². The van der Waals surface area contributed by atoms with Gasteiger partial charge in [0, 0.05) is 13.7 Å². The van der Waals surface area contributed by atoms with Crippen molar-refractivity contribution >= 4 is 22.5 Å². The predicted molar refractivity (Wildman–Crippen MR) is 116 cm³/mol. The molecular weight excluding hydrogens is 384 g/mol. The third-order valence-corrected chi connectivity index (χ3v) is 4.64. The minimum absolute atomic E-state index is 0.108. The molecule has 0 saturated heterocycles. The lowest BCUT2D eigenvalue weighted by Gasteiger charge is -2.21. The summed E-state index contributed by atoms with van der Waals surface area (Å²) in [5.41, 5.74) is 2.06. The Morgan fingerprint density at radius 2 is 2.00 bits per heavy atom. The van der Waals surface area contributed by atoms with Crippen LogP contribution in [0.4, 0.5) is 5.69 Å². The van der Waals surface area contributed by atoms with Crippen molar-refractivity contribution in [3.8, 4) is 5.75 Å². The van der Waals surface area contributed by atoms with E-state index in [4.69, 9.17) is 9.47 Å². The molecule has 1 amide bonds. The second-order valence-corrected chi connectivity index (χ2v) is 6.99. The SMILES string of the molecule is COCCN(CC(=O)Nc1cc(C)ccc1OC)Cc1nc2ccccc2c(=O)[nH]1. The Labute approximate surface area is 174 Å². The summed E-state index contributed by atoms with van der Waals surface area (Å²) in [7, 11) is 3.17. The first-order chi connectivity index (χ1) is 14.5. The molecule has 0 unspecified atom stereocenters. The highest BCUT2D eigenvalue weighted by molar-refractivity contribution is 5.93. The average Bonchev–Trinajstić information content (AvgIpc) is 2.72. The molecule has 8 nitrogen and oxygen atoms in total. The Kier molecular flexibility index (Phi) is 7.16. The number of fused-ring (bicyclic) bond motifs is 1. The number of carbonyl (C=O) groups is 1. The van der Waals surface area contributed by atoms with Gasteiger partial charge in [0.15, 0.2) is 0 Å². The fourth-order valence-electron chi connectivity index (χ4n) is 3.17. The summed E-state index contributed by atoms with van der Waals surface area (Å²) >= 11 is 0. The fraction of sp³-hybridized carbons (Fsp3) is 0.318. The van der Waals surface area contributed by atoms with E-state index in [0.29, 0.717) is 47.9 Å². The van der Waals surface area contributed by atoms with E-state index in [2.05, 4.69) is 15.3 Å². The van der Waals surface area contributed by atoms with Crippen LogP contribution in [0.1, 0.15) is 11.4 Å². The number of aryl methyl sites for hydroxylation is 1. The molecule has 0 aliphatic heterocycles. The number of rotatable bonds is 9. The summed E-state index contributed by atoms with van der Waals surface area (Å²) in [5, 5.41) is 3.43. The molecule has 0 fully saturated rings. The maximum absolute atomic E-state index is 12.7. The van der Waals surface area contributed by atoms with E-state index in [-0.39, 0.29) is 18.0 Å². The van der Waals surface area contributed by atoms with Gasteiger partial charge >= 0.3 is 0 Å². The van der Waals surface area contributed by atoms with Crippen LogP contribution < -0.4 is 15.6 Å². The van der Waals surface area contributed by atoms with Gasteiger partial charge in [0.05, 0.1) is 43.4 Å². The monoisotopic (exact) mass is 410 g/mol. The summed E-state index contributed by atoms with van der Waals surface area (Å²) in [4.78, 5) is 34.2. The van der Waals surface area contributed by atoms with Gasteiger partial charge in [0.25, 0.3) is 5.56 Å². The van der Waals surface area contributed by atoms with Crippen LogP contribution in [0.5, 0.6) is 5.75 Å². The molecule has 30 heavy (non-hydrogen) atoms. The van der Waals surface area contributed by atoms with Crippen LogP contribution >= 0.6 is 0 Å². The van der Waals surface area contributed by atoms with E-state index >= 15 is 0 Å². The van der Waals surface area contributed by atoms with Crippen molar-refractivity contribution in [1.82, 2.24) is 14.9 Å². The van der Waals surface area contributed by atoms with Crippen LogP contribution in [-0.4, -0.2) is 54.7 Å². The molecule has 0 radical (unpaired) electrons. The summed E-state index contributed by atoms with van der Waals surface area (Å²) in [6, 6.07) is 12.8. The zero-order chi connectivity index (χ0) is 21.5. The molecule has 0 saturated carbocycles. The van der Waals surface area contributed by atoms with Crippen molar-refractivity contribution in [2.45, 2.75) is 13.5 Å². The van der Waals surface area contributed by atoms with Gasteiger partial charge in [-0.15, -0.1) is 0 Å². The first kappa shape index (κ1) is 21.5. The number of hydrogen-bond acceptors (Lipinski definition) is 6. The van der Waals surface area contributed by atoms with Gasteiger partial charge in [-0.05, 0) is 36.8 Å². The smallest absolute Gasteiger partial charge is 0.258 e. The molecule has 0 spiro atoms. The van der Waals surface area contributed by atoms with Crippen molar-refractivity contribution in [2.75, 3.05) is 39.2 Å². The average molecular weight is 410 g/mol. The van der Waals surface area contributed by atoms with Gasteiger partial charge in [0.2, 0.25) is 5.91 Å². The lowest BCUT2D eigenvalue weighted by molar-refractivity contribution is -0.117. The number of carbonyl (C=O) groups excluding carboxylic acids is 1. The number of benzene rings is 2. The maximum Gasteiger partial charge on any atom is 0.258 e. The number of amides is 1. The number of H-pyrrole nitrogens is 1. The van der Waals surface area contributed by atoms with Crippen molar-refractivity contribution in [1.29, 1.82) is 0 Å². The van der Waals surface area contributed by atoms with Crippen LogP contribution in [0.15, 0.2) is 47.3 Å². The lowest BCUT2D eigenvalue weighted by Crippen LogP contribution is -2.36. The van der Waals surface area contributed by atoms with Crippen LogP contribution in [0, 0.1) is 6.92 Å². The number of aromatic amines is 1. The van der Waals surface area contributed by atoms with Crippen molar-refractivity contribution < 1.29 is 14.3 Å². The second-order valence-electron chi connectivity index (χ2n) is 6.99. The summed E-state index contributed by atoms with van der Waals surface area (Å²) < 4.78 is 10.5. The van der Waals surface area contributed by atoms with Crippen molar-refractivity contribution in [3.05, 3.63) is 64.2 Å². The molecule has 1 aromatic heterocycles. The Morgan fingerprint density at radius 1 is 1.20 bits per heavy atom. The van der Waals surface area contributed by atoms with Gasteiger partial charge in [-0.1, -0.05) is 18.2 Å². The van der Waals surface area contributed by atoms with Crippen LogP contribution in [0.2, 0.25) is 0 Å². The molecule has 0 bridgehead atoms. The molecule has 2 aromatic carbocycles. The number of nitrogens with one attached hydrogen (secondary N) is 2. The van der Waals surface area contributed by atoms with E-state index in [9.17, 15) is 9.59 Å². The molecule has 0 aliphatic rings. The molecule has 8 heteroatoms. The highest BCUT2D eigenvalue weighted by atomic mass is 16.5. The Balaban J connectivity index is 1.75. The molecule has 1 heterocycles. The molecule has 0 aliphatic carbocycles. The molecule has 158 valence electrons. The summed E-state index contributed by atoms with van der Waals surface area (Å²) in [5.74, 6) is 0.895. The molecule has 2 N–H and O–H groups in total. The molecule has 3 rings (SSSR count). The van der Waals surface area contributed by atoms with Crippen molar-refractivity contribution in [2.24, 2.45) is 0 Å². The first-order valence-electron chi connectivity index (χ1n) is 9.64. The van der Waals surface area contributed by atoms with E-state index < -0.39 is 0 Å². The Morgan fingerprint density at radius 3 is 2.77 bits per heavy atom. The number of aromatic nitrogens is 2. The van der Waals surface area contributed by atoms with Crippen LogP contribution in [-0.2, 0) is 16.1 Å². The molecular formula is C22H26N4O4. The normalized spacial score (nSPS) is 11.1. The van der Waals surface area contributed by atoms with Gasteiger partial charge in [-0.25, -0.2) is 4.98 Å². The minimum Gasteiger partial charge on any atom is -0.495 e. The van der Waals surface area contributed by atoms with Crippen molar-refractivity contribution in [3.63, 3.8) is 0 Å². The van der Waals surface area contributed by atoms with E-state index in [0.717, 1.165) is 5.56 Å². The van der Waals surface area contributed by atoms with E-state index in [1.54, 1.807) is 32.4 Å². The topological polar surface area (TPSA) is 96.5 Å². The fourth-order valence-corrected chi connectivity index (χ4v) is 3.17. The third-order valence-electron chi connectivity index (χ3n) is 4.64. The third kappa shape index (κ3) is 5.43. The zero-order valence-corrected chi connectivity index (χ0v) is 17.4. The number of hydrogen-bond donors (Lipinski definition) is 2. The number of anilines is 1. The highest BCUT2D eigenvalue weighted by Crippen LogP contribution is 2.25. The number of ether oxygens (including phenoxy) is 2. The largest absolute Gasteiger partial charge is 0.495 e. The first-order valence-corrected chi connectivity index (χ1v) is 9.64. The van der Waals surface area contributed by atoms with Crippen LogP contribution in [0.3, 0.4) is 0 Å². The molecule has 0 atom stereocenters. The van der Waals surface area contributed by atoms with Gasteiger partial charge < -0.3 is 19.8 Å². The standard InChI is InChI=1S/C22H26N4O4/c1-15-8-9-19(30-3)18(12-15)24-21(27)14-26(10-11-29-2)13-20-23-17-7-5-4-6-16(17)22(28)25-20/h4-9,12H,10-11,13-14H2,1-3H3,(H,24,27)(H,23,25,28). The van der Waals surface area contributed by atoms with E-state index in [1.165, 1.54) is 0 Å². The second kappa shape index (κ2) is 10.00. The predicted octanol–water partition coefficient (Wildman–Crippen LogP) is 2.33. The maximum atomic E-state index is 12.7. The van der Waals surface area contributed by atoms with E-state index in [1.807, 2.05) is 36.1 Å². The Bertz CT molecular complexity index is 1080. The number of methoxy groups -OCH3 is 2. The zero-order valence-electron chi connectivity index (χ0n) is 17.4. The van der Waals surface area contributed by atoms with Crippen LogP contribution in [0.25, 0.3) is 10.9 Å². The van der Waals surface area contributed by atoms with Gasteiger partial charge in [0.1, 0.15) is 11.6 Å². The number of para-hydroxylation sites is 1. The lowest BCUT2D eigenvalue weighted by atomic mass is 10.2. The summed E-state index contributed by atoms with van der Waals surface area (Å²) in [6.45, 7) is 3.31. The minimum atomic E-state index is -0.198. The van der Waals surface area contributed by atoms with Gasteiger partial charge in [-0.3, -0.25) is 14.5 Å². The number of nitrogens with zero attached hydrogens (tertiary/aromatic N) is 2. The Hall–Kier alpha value is -3.23. The summed E-state index contributed by atoms with van der Waals surface area (Å²) in [6.07, 6.45) is 0. The highest BCUT2D eigenvalue weighted by Gasteiger charge is 2.15.